The van der Waals surface area contributed by atoms with Crippen molar-refractivity contribution in [2.24, 2.45) is 0 Å². The summed E-state index contributed by atoms with van der Waals surface area (Å²) in [5, 5.41) is 15.4. The summed E-state index contributed by atoms with van der Waals surface area (Å²) in [7, 11) is 0. The molecule has 2 heterocycles. The smallest absolute Gasteiger partial charge is 0.240 e. The van der Waals surface area contributed by atoms with Gasteiger partial charge in [-0.25, -0.2) is 0 Å². The Labute approximate surface area is 155 Å². The van der Waals surface area contributed by atoms with Crippen LogP contribution in [0.1, 0.15) is 5.56 Å². The summed E-state index contributed by atoms with van der Waals surface area (Å²) in [6.45, 7) is 0.451. The van der Waals surface area contributed by atoms with Gasteiger partial charge in [0, 0.05) is 16.3 Å². The lowest BCUT2D eigenvalue weighted by atomic mass is 10.2. The number of nitrogens with zero attached hydrogens (tertiary/aromatic N) is 4. The first-order valence-electron chi connectivity index (χ1n) is 8.76. The third-order valence-electron chi connectivity index (χ3n) is 4.48. The van der Waals surface area contributed by atoms with Gasteiger partial charge in [0.15, 0.2) is 11.5 Å². The van der Waals surface area contributed by atoms with E-state index in [9.17, 15) is 0 Å². The molecule has 5 heteroatoms. The molecule has 5 aromatic rings. The number of benzene rings is 3. The molecule has 0 saturated carbocycles. The van der Waals surface area contributed by atoms with Crippen LogP contribution in [-0.2, 0) is 6.61 Å². The van der Waals surface area contributed by atoms with E-state index in [1.807, 2.05) is 84.9 Å². The fourth-order valence-electron chi connectivity index (χ4n) is 3.15. The molecule has 5 rings (SSSR count). The highest BCUT2D eigenvalue weighted by Gasteiger charge is 2.16. The molecule has 27 heavy (non-hydrogen) atoms. The minimum absolute atomic E-state index is 0.451. The van der Waals surface area contributed by atoms with Gasteiger partial charge in [-0.15, -0.1) is 15.3 Å². The Morgan fingerprint density at radius 1 is 0.704 bits per heavy atom. The Bertz CT molecular complexity index is 1220. The molecular formula is C22H16N4O. The van der Waals surface area contributed by atoms with E-state index in [0.717, 1.165) is 27.5 Å². The highest BCUT2D eigenvalue weighted by molar-refractivity contribution is 5.97. The first-order chi connectivity index (χ1) is 13.4. The lowest BCUT2D eigenvalue weighted by molar-refractivity contribution is 0.293. The van der Waals surface area contributed by atoms with E-state index in [1.165, 1.54) is 0 Å². The Hall–Kier alpha value is -3.73. The molecule has 0 aliphatic carbocycles. The quantitative estimate of drug-likeness (QED) is 0.477. The fourth-order valence-corrected chi connectivity index (χ4v) is 3.15. The first-order valence-corrected chi connectivity index (χ1v) is 8.76. The largest absolute Gasteiger partial charge is 0.471 e. The molecular weight excluding hydrogens is 336 g/mol. The summed E-state index contributed by atoms with van der Waals surface area (Å²) in [6, 6.07) is 28.0. The van der Waals surface area contributed by atoms with Crippen LogP contribution in [0.15, 0.2) is 84.9 Å². The third-order valence-corrected chi connectivity index (χ3v) is 4.48. The van der Waals surface area contributed by atoms with Crippen LogP contribution in [0, 0.1) is 0 Å². The zero-order valence-corrected chi connectivity index (χ0v) is 14.5. The second kappa shape index (κ2) is 6.53. The minimum atomic E-state index is 0.451. The van der Waals surface area contributed by atoms with Crippen molar-refractivity contribution in [3.63, 3.8) is 0 Å². The van der Waals surface area contributed by atoms with E-state index < -0.39 is 0 Å². The molecule has 0 unspecified atom stereocenters. The molecule has 3 aromatic carbocycles. The van der Waals surface area contributed by atoms with Crippen molar-refractivity contribution in [2.75, 3.05) is 0 Å². The molecule has 0 saturated heterocycles. The molecule has 0 amide bonds. The maximum Gasteiger partial charge on any atom is 0.240 e. The molecule has 0 atom stereocenters. The van der Waals surface area contributed by atoms with Crippen molar-refractivity contribution < 1.29 is 4.74 Å². The molecule has 0 radical (unpaired) electrons. The number of hydrogen-bond acceptors (Lipinski definition) is 4. The number of fused-ring (bicyclic) bond motifs is 3. The number of rotatable bonds is 4. The summed E-state index contributed by atoms with van der Waals surface area (Å²) in [5.41, 5.74) is 2.77. The topological polar surface area (TPSA) is 52.3 Å². The van der Waals surface area contributed by atoms with Gasteiger partial charge in [0.1, 0.15) is 6.61 Å². The highest BCUT2D eigenvalue weighted by atomic mass is 16.5. The summed E-state index contributed by atoms with van der Waals surface area (Å²) in [4.78, 5) is 0. The van der Waals surface area contributed by atoms with Crippen LogP contribution in [0.2, 0.25) is 0 Å². The van der Waals surface area contributed by atoms with Gasteiger partial charge in [0.2, 0.25) is 5.88 Å². The normalized spacial score (nSPS) is 11.1. The van der Waals surface area contributed by atoms with E-state index in [0.29, 0.717) is 18.3 Å². The summed E-state index contributed by atoms with van der Waals surface area (Å²) in [6.07, 6.45) is 0. The van der Waals surface area contributed by atoms with Crippen LogP contribution in [0.3, 0.4) is 0 Å². The second-order valence-electron chi connectivity index (χ2n) is 6.25. The Morgan fingerprint density at radius 2 is 1.37 bits per heavy atom. The van der Waals surface area contributed by atoms with Crippen LogP contribution < -0.4 is 4.74 Å². The van der Waals surface area contributed by atoms with Gasteiger partial charge in [-0.2, -0.15) is 4.52 Å². The van der Waals surface area contributed by atoms with Gasteiger partial charge >= 0.3 is 0 Å². The molecule has 0 aliphatic rings. The maximum atomic E-state index is 6.09. The molecule has 0 aliphatic heterocycles. The van der Waals surface area contributed by atoms with Gasteiger partial charge < -0.3 is 4.74 Å². The van der Waals surface area contributed by atoms with Gasteiger partial charge in [-0.3, -0.25) is 0 Å². The molecule has 130 valence electrons. The predicted octanol–water partition coefficient (Wildman–Crippen LogP) is 4.52. The standard InChI is InChI=1S/C22H16N4O/c1-3-9-16(10-4-1)15-27-22-19-14-8-7-13-18(19)21-24-23-20(26(21)25-22)17-11-5-2-6-12-17/h1-14H,15H2. The van der Waals surface area contributed by atoms with Crippen LogP contribution in [0.4, 0.5) is 0 Å². The lowest BCUT2D eigenvalue weighted by Gasteiger charge is -2.10. The summed E-state index contributed by atoms with van der Waals surface area (Å²) >= 11 is 0. The highest BCUT2D eigenvalue weighted by Crippen LogP contribution is 2.29. The third kappa shape index (κ3) is 2.79. The molecule has 2 aromatic heterocycles. The monoisotopic (exact) mass is 352 g/mol. The zero-order chi connectivity index (χ0) is 18.1. The molecule has 0 fully saturated rings. The van der Waals surface area contributed by atoms with Crippen molar-refractivity contribution in [1.29, 1.82) is 0 Å². The van der Waals surface area contributed by atoms with E-state index in [1.54, 1.807) is 4.52 Å². The van der Waals surface area contributed by atoms with Crippen LogP contribution in [-0.4, -0.2) is 19.8 Å². The SMILES string of the molecule is c1ccc(COc2nn3c(-c4ccccc4)nnc3c3ccccc23)cc1. The number of aromatic nitrogens is 4. The molecule has 5 nitrogen and oxygen atoms in total. The van der Waals surface area contributed by atoms with Crippen molar-refractivity contribution in [1.82, 2.24) is 19.8 Å². The molecule has 0 N–H and O–H groups in total. The average Bonchev–Trinajstić information content (AvgIpc) is 3.17. The van der Waals surface area contributed by atoms with Crippen molar-refractivity contribution in [3.8, 4) is 17.3 Å². The fraction of sp³-hybridized carbons (Fsp3) is 0.0455. The second-order valence-corrected chi connectivity index (χ2v) is 6.25. The number of hydrogen-bond donors (Lipinski definition) is 0. The van der Waals surface area contributed by atoms with Crippen LogP contribution in [0.25, 0.3) is 27.8 Å². The Kier molecular flexibility index (Phi) is 3.76. The Balaban J connectivity index is 1.66. The van der Waals surface area contributed by atoms with Gasteiger partial charge in [0.25, 0.3) is 0 Å². The molecule has 0 spiro atoms. The zero-order valence-electron chi connectivity index (χ0n) is 14.5. The van der Waals surface area contributed by atoms with Crippen molar-refractivity contribution in [3.05, 3.63) is 90.5 Å². The molecule has 0 bridgehead atoms. The van der Waals surface area contributed by atoms with Gasteiger partial charge in [-0.1, -0.05) is 78.9 Å². The summed E-state index contributed by atoms with van der Waals surface area (Å²) in [5.74, 6) is 1.26. The van der Waals surface area contributed by atoms with E-state index in [-0.39, 0.29) is 0 Å². The van der Waals surface area contributed by atoms with E-state index in [4.69, 9.17) is 9.84 Å². The Morgan fingerprint density at radius 3 is 2.15 bits per heavy atom. The van der Waals surface area contributed by atoms with Crippen molar-refractivity contribution in [2.45, 2.75) is 6.61 Å². The average molecular weight is 352 g/mol. The van der Waals surface area contributed by atoms with Crippen molar-refractivity contribution >= 4 is 16.4 Å². The van der Waals surface area contributed by atoms with Crippen LogP contribution >= 0.6 is 0 Å². The summed E-state index contributed by atoms with van der Waals surface area (Å²) < 4.78 is 7.85. The maximum absolute atomic E-state index is 6.09. The van der Waals surface area contributed by atoms with Crippen LogP contribution in [0.5, 0.6) is 5.88 Å². The number of ether oxygens (including phenoxy) is 1. The predicted molar refractivity (Wildman–Crippen MR) is 104 cm³/mol. The van der Waals surface area contributed by atoms with Gasteiger partial charge in [0.05, 0.1) is 0 Å². The first kappa shape index (κ1) is 15.5. The lowest BCUT2D eigenvalue weighted by Crippen LogP contribution is -2.03. The van der Waals surface area contributed by atoms with E-state index in [2.05, 4.69) is 10.2 Å². The van der Waals surface area contributed by atoms with E-state index >= 15 is 0 Å². The minimum Gasteiger partial charge on any atom is -0.471 e. The van der Waals surface area contributed by atoms with Gasteiger partial charge in [-0.05, 0) is 11.6 Å².